The summed E-state index contributed by atoms with van der Waals surface area (Å²) >= 11 is 0. The molecule has 136 valence electrons. The first-order chi connectivity index (χ1) is 13.3. The van der Waals surface area contributed by atoms with Gasteiger partial charge in [0.05, 0.1) is 18.8 Å². The number of para-hydroxylation sites is 1. The number of aromatic nitrogens is 2. The van der Waals surface area contributed by atoms with Crippen molar-refractivity contribution in [1.82, 2.24) is 9.78 Å². The van der Waals surface area contributed by atoms with Crippen molar-refractivity contribution in [3.8, 4) is 11.5 Å². The Morgan fingerprint density at radius 1 is 1.07 bits per heavy atom. The van der Waals surface area contributed by atoms with Gasteiger partial charge in [0.1, 0.15) is 6.10 Å². The van der Waals surface area contributed by atoms with Gasteiger partial charge in [0.2, 0.25) is 6.79 Å². The van der Waals surface area contributed by atoms with E-state index >= 15 is 0 Å². The summed E-state index contributed by atoms with van der Waals surface area (Å²) in [5.74, 6) is 1.24. The van der Waals surface area contributed by atoms with E-state index in [0.717, 1.165) is 28.4 Å². The normalized spacial score (nSPS) is 17.4. The number of fused-ring (bicyclic) bond motifs is 2. The van der Waals surface area contributed by atoms with E-state index in [9.17, 15) is 4.79 Å². The molecule has 0 radical (unpaired) electrons. The number of carbonyl (C=O) groups excluding carboxylic acids is 1. The Bertz CT molecular complexity index is 1000. The zero-order valence-corrected chi connectivity index (χ0v) is 14.4. The fraction of sp³-hybridized carbons (Fsp3) is 0.200. The maximum Gasteiger partial charge on any atom is 0.276 e. The van der Waals surface area contributed by atoms with Crippen LogP contribution in [0.3, 0.4) is 0 Å². The standard InChI is InChI=1S/C20H17N3O4/c24-20(21-14-4-2-1-3-5-14)16-9-15-11-25-19(10-23(15)22-16)13-6-7-17-18(8-13)27-12-26-17/h1-9,19H,10-12H2,(H,21,24)/t19-/m1/s1. The average Bonchev–Trinajstić information content (AvgIpc) is 3.34. The fourth-order valence-corrected chi connectivity index (χ4v) is 3.27. The van der Waals surface area contributed by atoms with Crippen LogP contribution in [0.1, 0.15) is 27.8 Å². The molecule has 1 amide bonds. The fourth-order valence-electron chi connectivity index (χ4n) is 3.27. The van der Waals surface area contributed by atoms with Crippen LogP contribution in [0, 0.1) is 0 Å². The van der Waals surface area contributed by atoms with Gasteiger partial charge in [0.25, 0.3) is 5.91 Å². The number of carbonyl (C=O) groups is 1. The third-order valence-electron chi connectivity index (χ3n) is 4.67. The Hall–Kier alpha value is -3.32. The quantitative estimate of drug-likeness (QED) is 0.774. The van der Waals surface area contributed by atoms with E-state index < -0.39 is 0 Å². The average molecular weight is 363 g/mol. The summed E-state index contributed by atoms with van der Waals surface area (Å²) in [6, 6.07) is 16.9. The maximum absolute atomic E-state index is 12.5. The molecule has 0 unspecified atom stereocenters. The van der Waals surface area contributed by atoms with Gasteiger partial charge in [-0.1, -0.05) is 24.3 Å². The van der Waals surface area contributed by atoms with Gasteiger partial charge in [-0.15, -0.1) is 0 Å². The highest BCUT2D eigenvalue weighted by Crippen LogP contribution is 2.36. The van der Waals surface area contributed by atoms with Crippen LogP contribution in [0.15, 0.2) is 54.6 Å². The molecule has 3 aromatic rings. The first-order valence-corrected chi connectivity index (χ1v) is 8.70. The molecule has 1 atom stereocenters. The molecule has 2 aromatic carbocycles. The molecule has 2 aliphatic rings. The first kappa shape index (κ1) is 15.9. The lowest BCUT2D eigenvalue weighted by atomic mass is 10.1. The zero-order chi connectivity index (χ0) is 18.2. The zero-order valence-electron chi connectivity index (χ0n) is 14.4. The molecule has 3 heterocycles. The largest absolute Gasteiger partial charge is 0.454 e. The van der Waals surface area contributed by atoms with Crippen LogP contribution in [0.4, 0.5) is 5.69 Å². The molecule has 7 nitrogen and oxygen atoms in total. The summed E-state index contributed by atoms with van der Waals surface area (Å²) < 4.78 is 18.6. The predicted molar refractivity (Wildman–Crippen MR) is 96.7 cm³/mol. The molecule has 1 N–H and O–H groups in total. The monoisotopic (exact) mass is 363 g/mol. The number of nitrogens with zero attached hydrogens (tertiary/aromatic N) is 2. The van der Waals surface area contributed by atoms with E-state index in [0.29, 0.717) is 18.8 Å². The van der Waals surface area contributed by atoms with Gasteiger partial charge in [-0.3, -0.25) is 9.48 Å². The van der Waals surface area contributed by atoms with Crippen LogP contribution in [-0.2, 0) is 17.9 Å². The van der Waals surface area contributed by atoms with Crippen molar-refractivity contribution in [2.24, 2.45) is 0 Å². The van der Waals surface area contributed by atoms with Gasteiger partial charge < -0.3 is 19.5 Å². The van der Waals surface area contributed by atoms with Gasteiger partial charge in [-0.05, 0) is 35.9 Å². The molecular weight excluding hydrogens is 346 g/mol. The van der Waals surface area contributed by atoms with Crippen LogP contribution in [0.5, 0.6) is 11.5 Å². The highest BCUT2D eigenvalue weighted by atomic mass is 16.7. The minimum atomic E-state index is -0.234. The molecule has 0 spiro atoms. The van der Waals surface area contributed by atoms with Crippen molar-refractivity contribution in [3.05, 3.63) is 71.5 Å². The van der Waals surface area contributed by atoms with E-state index in [4.69, 9.17) is 14.2 Å². The van der Waals surface area contributed by atoms with Gasteiger partial charge in [-0.25, -0.2) is 0 Å². The second kappa shape index (κ2) is 6.44. The second-order valence-corrected chi connectivity index (χ2v) is 6.44. The molecule has 0 saturated heterocycles. The molecule has 0 saturated carbocycles. The van der Waals surface area contributed by atoms with Crippen molar-refractivity contribution in [1.29, 1.82) is 0 Å². The summed E-state index contributed by atoms with van der Waals surface area (Å²) in [6.07, 6.45) is -0.156. The highest BCUT2D eigenvalue weighted by molar-refractivity contribution is 6.02. The Balaban J connectivity index is 1.33. The Labute approximate surface area is 155 Å². The molecule has 5 rings (SSSR count). The Morgan fingerprint density at radius 3 is 2.81 bits per heavy atom. The molecule has 1 aromatic heterocycles. The highest BCUT2D eigenvalue weighted by Gasteiger charge is 2.25. The minimum Gasteiger partial charge on any atom is -0.454 e. The number of hydrogen-bond acceptors (Lipinski definition) is 5. The number of anilines is 1. The number of rotatable bonds is 3. The van der Waals surface area contributed by atoms with Crippen LogP contribution in [0.25, 0.3) is 0 Å². The predicted octanol–water partition coefficient (Wildman–Crippen LogP) is 3.14. The summed E-state index contributed by atoms with van der Waals surface area (Å²) in [5, 5.41) is 7.32. The van der Waals surface area contributed by atoms with Gasteiger partial charge in [0, 0.05) is 5.69 Å². The van der Waals surface area contributed by atoms with Crippen molar-refractivity contribution in [3.63, 3.8) is 0 Å². The lowest BCUT2D eigenvalue weighted by Gasteiger charge is -2.24. The number of amides is 1. The minimum absolute atomic E-state index is 0.156. The van der Waals surface area contributed by atoms with Gasteiger partial charge in [-0.2, -0.15) is 5.10 Å². The van der Waals surface area contributed by atoms with Crippen LogP contribution in [-0.4, -0.2) is 22.5 Å². The summed E-state index contributed by atoms with van der Waals surface area (Å²) in [5.41, 5.74) is 2.99. The van der Waals surface area contributed by atoms with Crippen LogP contribution >= 0.6 is 0 Å². The molecule has 0 aliphatic carbocycles. The summed E-state index contributed by atoms with van der Waals surface area (Å²) in [4.78, 5) is 12.5. The number of hydrogen-bond donors (Lipinski definition) is 1. The molecule has 27 heavy (non-hydrogen) atoms. The van der Waals surface area contributed by atoms with E-state index in [2.05, 4.69) is 10.4 Å². The van der Waals surface area contributed by atoms with E-state index in [1.165, 1.54) is 0 Å². The smallest absolute Gasteiger partial charge is 0.276 e. The Morgan fingerprint density at radius 2 is 1.93 bits per heavy atom. The second-order valence-electron chi connectivity index (χ2n) is 6.44. The lowest BCUT2D eigenvalue weighted by molar-refractivity contribution is -0.00127. The number of ether oxygens (including phenoxy) is 3. The molecule has 0 fully saturated rings. The van der Waals surface area contributed by atoms with Crippen molar-refractivity contribution in [2.45, 2.75) is 19.3 Å². The van der Waals surface area contributed by atoms with Crippen molar-refractivity contribution in [2.75, 3.05) is 12.1 Å². The maximum atomic E-state index is 12.5. The third-order valence-corrected chi connectivity index (χ3v) is 4.67. The first-order valence-electron chi connectivity index (χ1n) is 8.70. The number of nitrogens with one attached hydrogen (secondary N) is 1. The molecule has 0 bridgehead atoms. The molecular formula is C20H17N3O4. The van der Waals surface area contributed by atoms with Gasteiger partial charge >= 0.3 is 0 Å². The third kappa shape index (κ3) is 3.02. The van der Waals surface area contributed by atoms with E-state index in [1.807, 2.05) is 53.2 Å². The lowest BCUT2D eigenvalue weighted by Crippen LogP contribution is -2.22. The van der Waals surface area contributed by atoms with E-state index in [-0.39, 0.29) is 18.8 Å². The molecule has 2 aliphatic heterocycles. The number of benzene rings is 2. The van der Waals surface area contributed by atoms with Crippen molar-refractivity contribution >= 4 is 11.6 Å². The van der Waals surface area contributed by atoms with Crippen molar-refractivity contribution < 1.29 is 19.0 Å². The van der Waals surface area contributed by atoms with Crippen LogP contribution in [0.2, 0.25) is 0 Å². The molecule has 7 heteroatoms. The Kier molecular flexibility index (Phi) is 3.79. The van der Waals surface area contributed by atoms with Crippen LogP contribution < -0.4 is 14.8 Å². The van der Waals surface area contributed by atoms with E-state index in [1.54, 1.807) is 6.07 Å². The summed E-state index contributed by atoms with van der Waals surface area (Å²) in [7, 11) is 0. The summed E-state index contributed by atoms with van der Waals surface area (Å²) in [6.45, 7) is 1.17. The SMILES string of the molecule is O=C(Nc1ccccc1)c1cc2n(n1)C[C@H](c1ccc3c(c1)OCO3)OC2. The topological polar surface area (TPSA) is 74.6 Å². The van der Waals surface area contributed by atoms with Gasteiger partial charge in [0.15, 0.2) is 17.2 Å².